The van der Waals surface area contributed by atoms with E-state index in [4.69, 9.17) is 10.5 Å². The van der Waals surface area contributed by atoms with Gasteiger partial charge in [0.25, 0.3) is 0 Å². The summed E-state index contributed by atoms with van der Waals surface area (Å²) in [6.07, 6.45) is 2.45. The van der Waals surface area contributed by atoms with E-state index in [0.717, 1.165) is 25.1 Å². The first-order valence-electron chi connectivity index (χ1n) is 6.93. The van der Waals surface area contributed by atoms with Crippen molar-refractivity contribution in [2.24, 2.45) is 10.7 Å². The monoisotopic (exact) mass is 389 g/mol. The Kier molecular flexibility index (Phi) is 7.29. The Balaban J connectivity index is 0.00000200. The van der Waals surface area contributed by atoms with Gasteiger partial charge in [-0.1, -0.05) is 26.0 Å². The summed E-state index contributed by atoms with van der Waals surface area (Å²) in [4.78, 5) is 4.33. The number of rotatable bonds is 4. The molecule has 0 spiro atoms. The van der Waals surface area contributed by atoms with Crippen LogP contribution in [0.3, 0.4) is 0 Å². The van der Waals surface area contributed by atoms with Gasteiger partial charge in [0.15, 0.2) is 5.96 Å². The van der Waals surface area contributed by atoms with Crippen LogP contribution in [0.15, 0.2) is 29.3 Å². The minimum Gasteiger partial charge on any atom is -0.376 e. The molecule has 1 fully saturated rings. The van der Waals surface area contributed by atoms with E-state index in [1.165, 1.54) is 5.56 Å². The SMILES string of the molecule is CC(C)c1cccc(NC(N)=NCC2CCCO2)c1.I. The Morgan fingerprint density at radius 2 is 2.30 bits per heavy atom. The molecule has 1 atom stereocenters. The van der Waals surface area contributed by atoms with E-state index in [1.54, 1.807) is 0 Å². The number of ether oxygens (including phenoxy) is 1. The van der Waals surface area contributed by atoms with Crippen LogP contribution in [0.4, 0.5) is 5.69 Å². The molecule has 1 unspecified atom stereocenters. The molecule has 0 saturated carbocycles. The Morgan fingerprint density at radius 1 is 1.50 bits per heavy atom. The van der Waals surface area contributed by atoms with Gasteiger partial charge in [-0.15, -0.1) is 24.0 Å². The summed E-state index contributed by atoms with van der Waals surface area (Å²) in [5.74, 6) is 0.961. The van der Waals surface area contributed by atoms with E-state index in [-0.39, 0.29) is 30.1 Å². The molecule has 0 amide bonds. The van der Waals surface area contributed by atoms with Crippen LogP contribution in [0.25, 0.3) is 0 Å². The minimum absolute atomic E-state index is 0. The number of nitrogens with one attached hydrogen (secondary N) is 1. The molecule has 1 aromatic carbocycles. The highest BCUT2D eigenvalue weighted by Gasteiger charge is 2.14. The van der Waals surface area contributed by atoms with Crippen molar-refractivity contribution in [2.75, 3.05) is 18.5 Å². The van der Waals surface area contributed by atoms with Gasteiger partial charge in [0.05, 0.1) is 12.6 Å². The number of hydrogen-bond donors (Lipinski definition) is 2. The smallest absolute Gasteiger partial charge is 0.193 e. The Bertz CT molecular complexity index is 442. The lowest BCUT2D eigenvalue weighted by atomic mass is 10.0. The van der Waals surface area contributed by atoms with Gasteiger partial charge in [-0.2, -0.15) is 0 Å². The lowest BCUT2D eigenvalue weighted by Crippen LogP contribution is -2.24. The van der Waals surface area contributed by atoms with Crippen molar-refractivity contribution in [1.82, 2.24) is 0 Å². The molecule has 1 aliphatic heterocycles. The third-order valence-electron chi connectivity index (χ3n) is 3.31. The average molecular weight is 389 g/mol. The van der Waals surface area contributed by atoms with E-state index in [2.05, 4.69) is 36.3 Å². The second-order valence-corrected chi connectivity index (χ2v) is 5.27. The fourth-order valence-electron chi connectivity index (χ4n) is 2.15. The molecule has 20 heavy (non-hydrogen) atoms. The molecule has 2 rings (SSSR count). The number of anilines is 1. The van der Waals surface area contributed by atoms with Crippen LogP contribution in [0.2, 0.25) is 0 Å². The van der Waals surface area contributed by atoms with Gasteiger partial charge in [-0.25, -0.2) is 0 Å². The predicted octanol–water partition coefficient (Wildman–Crippen LogP) is 3.33. The number of nitrogens with zero attached hydrogens (tertiary/aromatic N) is 1. The number of aliphatic imine (C=N–C) groups is 1. The maximum Gasteiger partial charge on any atom is 0.193 e. The number of benzene rings is 1. The van der Waals surface area contributed by atoms with E-state index in [0.29, 0.717) is 18.4 Å². The van der Waals surface area contributed by atoms with Crippen molar-refractivity contribution in [3.8, 4) is 0 Å². The van der Waals surface area contributed by atoms with Crippen molar-refractivity contribution in [3.63, 3.8) is 0 Å². The van der Waals surface area contributed by atoms with Gasteiger partial charge in [0.2, 0.25) is 0 Å². The second-order valence-electron chi connectivity index (χ2n) is 5.27. The number of nitrogens with two attached hydrogens (primary N) is 1. The maximum atomic E-state index is 5.89. The summed E-state index contributed by atoms with van der Waals surface area (Å²) >= 11 is 0. The minimum atomic E-state index is 0. The summed E-state index contributed by atoms with van der Waals surface area (Å²) in [5.41, 5.74) is 8.17. The van der Waals surface area contributed by atoms with Crippen molar-refractivity contribution < 1.29 is 4.74 Å². The average Bonchev–Trinajstić information content (AvgIpc) is 2.90. The third kappa shape index (κ3) is 5.28. The Labute approximate surface area is 138 Å². The zero-order valence-electron chi connectivity index (χ0n) is 12.1. The largest absolute Gasteiger partial charge is 0.376 e. The normalized spacial score (nSPS) is 18.9. The molecule has 3 N–H and O–H groups in total. The quantitative estimate of drug-likeness (QED) is 0.472. The molecule has 0 bridgehead atoms. The Hall–Kier alpha value is -0.820. The van der Waals surface area contributed by atoms with Crippen LogP contribution in [0, 0.1) is 0 Å². The number of hydrogen-bond acceptors (Lipinski definition) is 2. The van der Waals surface area contributed by atoms with Crippen LogP contribution >= 0.6 is 24.0 Å². The first-order valence-corrected chi connectivity index (χ1v) is 6.93. The lowest BCUT2D eigenvalue weighted by molar-refractivity contribution is 0.118. The topological polar surface area (TPSA) is 59.6 Å². The summed E-state index contributed by atoms with van der Waals surface area (Å²) in [7, 11) is 0. The number of halogens is 1. The van der Waals surface area contributed by atoms with Crippen LogP contribution in [-0.4, -0.2) is 25.2 Å². The fourth-order valence-corrected chi connectivity index (χ4v) is 2.15. The van der Waals surface area contributed by atoms with Crippen LogP contribution < -0.4 is 11.1 Å². The molecule has 0 aromatic heterocycles. The molecule has 1 heterocycles. The van der Waals surface area contributed by atoms with Gasteiger partial charge in [0.1, 0.15) is 0 Å². The molecule has 1 aromatic rings. The third-order valence-corrected chi connectivity index (χ3v) is 3.31. The van der Waals surface area contributed by atoms with Gasteiger partial charge < -0.3 is 15.8 Å². The van der Waals surface area contributed by atoms with Crippen molar-refractivity contribution in [3.05, 3.63) is 29.8 Å². The van der Waals surface area contributed by atoms with E-state index < -0.39 is 0 Å². The molecule has 1 aliphatic rings. The molecule has 0 radical (unpaired) electrons. The molecular weight excluding hydrogens is 365 g/mol. The van der Waals surface area contributed by atoms with E-state index >= 15 is 0 Å². The van der Waals surface area contributed by atoms with Crippen LogP contribution in [0.5, 0.6) is 0 Å². The highest BCUT2D eigenvalue weighted by atomic mass is 127. The van der Waals surface area contributed by atoms with Crippen molar-refractivity contribution in [2.45, 2.75) is 38.7 Å². The number of guanidine groups is 1. The van der Waals surface area contributed by atoms with Crippen molar-refractivity contribution in [1.29, 1.82) is 0 Å². The fraction of sp³-hybridized carbons (Fsp3) is 0.533. The molecular formula is C15H24IN3O. The van der Waals surface area contributed by atoms with Gasteiger partial charge >= 0.3 is 0 Å². The molecule has 112 valence electrons. The molecule has 4 nitrogen and oxygen atoms in total. The summed E-state index contributed by atoms with van der Waals surface area (Å²) in [6.45, 7) is 5.84. The van der Waals surface area contributed by atoms with Gasteiger partial charge in [0, 0.05) is 12.3 Å². The van der Waals surface area contributed by atoms with E-state index in [9.17, 15) is 0 Å². The lowest BCUT2D eigenvalue weighted by Gasteiger charge is -2.11. The summed E-state index contributed by atoms with van der Waals surface area (Å²) in [5, 5.41) is 3.13. The van der Waals surface area contributed by atoms with Crippen LogP contribution in [-0.2, 0) is 4.74 Å². The highest BCUT2D eigenvalue weighted by Crippen LogP contribution is 2.18. The summed E-state index contributed by atoms with van der Waals surface area (Å²) < 4.78 is 5.51. The standard InChI is InChI=1S/C15H23N3O.HI/c1-11(2)12-5-3-6-13(9-12)18-15(16)17-10-14-7-4-8-19-14;/h3,5-6,9,11,14H,4,7-8,10H2,1-2H3,(H3,16,17,18);1H. The first-order chi connectivity index (χ1) is 9.15. The maximum absolute atomic E-state index is 5.89. The summed E-state index contributed by atoms with van der Waals surface area (Å²) in [6, 6.07) is 8.26. The molecule has 1 saturated heterocycles. The van der Waals surface area contributed by atoms with Gasteiger partial charge in [-0.3, -0.25) is 4.99 Å². The zero-order valence-corrected chi connectivity index (χ0v) is 14.5. The Morgan fingerprint density at radius 3 is 2.95 bits per heavy atom. The molecule has 0 aliphatic carbocycles. The van der Waals surface area contributed by atoms with Gasteiger partial charge in [-0.05, 0) is 36.5 Å². The first kappa shape index (κ1) is 17.2. The zero-order chi connectivity index (χ0) is 13.7. The van der Waals surface area contributed by atoms with Crippen LogP contribution in [0.1, 0.15) is 38.2 Å². The second kappa shape index (κ2) is 8.46. The molecule has 5 heteroatoms. The van der Waals surface area contributed by atoms with Crippen molar-refractivity contribution >= 4 is 35.6 Å². The highest BCUT2D eigenvalue weighted by molar-refractivity contribution is 14.0. The predicted molar refractivity (Wildman–Crippen MR) is 95.0 cm³/mol. The van der Waals surface area contributed by atoms with E-state index in [1.807, 2.05) is 12.1 Å².